The van der Waals surface area contributed by atoms with Crippen molar-refractivity contribution in [3.8, 4) is 0 Å². The van der Waals surface area contributed by atoms with Crippen molar-refractivity contribution in [2.75, 3.05) is 31.2 Å². The van der Waals surface area contributed by atoms with Gasteiger partial charge in [-0.3, -0.25) is 0 Å². The highest BCUT2D eigenvalue weighted by atomic mass is 16.5. The molecule has 2 atom stereocenters. The van der Waals surface area contributed by atoms with Crippen LogP contribution >= 0.6 is 0 Å². The van der Waals surface area contributed by atoms with Crippen LogP contribution in [-0.4, -0.2) is 36.3 Å². The fourth-order valence-corrected chi connectivity index (χ4v) is 4.04. The molecule has 2 aromatic rings. The van der Waals surface area contributed by atoms with E-state index in [1.54, 1.807) is 0 Å². The van der Waals surface area contributed by atoms with Crippen LogP contribution in [0.5, 0.6) is 0 Å². The molecule has 1 aromatic heterocycles. The molecule has 2 aliphatic heterocycles. The first-order chi connectivity index (χ1) is 11.2. The number of anilines is 1. The Morgan fingerprint density at radius 3 is 2.87 bits per heavy atom. The van der Waals surface area contributed by atoms with Crippen molar-refractivity contribution in [1.82, 2.24) is 9.97 Å². The van der Waals surface area contributed by atoms with Crippen LogP contribution in [0.25, 0.3) is 0 Å². The van der Waals surface area contributed by atoms with Crippen LogP contribution < -0.4 is 4.90 Å². The number of fused-ring (bicyclic) bond motifs is 1. The molecule has 4 rings (SSSR count). The fourth-order valence-electron chi connectivity index (χ4n) is 4.04. The van der Waals surface area contributed by atoms with Gasteiger partial charge in [0.05, 0.1) is 13.2 Å². The van der Waals surface area contributed by atoms with E-state index in [1.165, 1.54) is 5.56 Å². The van der Waals surface area contributed by atoms with Crippen molar-refractivity contribution in [3.05, 3.63) is 53.5 Å². The summed E-state index contributed by atoms with van der Waals surface area (Å²) in [6.45, 7) is 7.76. The highest BCUT2D eigenvalue weighted by molar-refractivity contribution is 5.46. The van der Waals surface area contributed by atoms with E-state index in [0.29, 0.717) is 5.92 Å². The predicted molar refractivity (Wildman–Crippen MR) is 90.8 cm³/mol. The van der Waals surface area contributed by atoms with Crippen molar-refractivity contribution >= 4 is 5.82 Å². The first kappa shape index (κ1) is 14.6. The quantitative estimate of drug-likeness (QED) is 0.874. The summed E-state index contributed by atoms with van der Waals surface area (Å²) in [6, 6.07) is 13.0. The molecule has 23 heavy (non-hydrogen) atoms. The summed E-state index contributed by atoms with van der Waals surface area (Å²) < 4.78 is 5.86. The van der Waals surface area contributed by atoms with E-state index in [2.05, 4.69) is 58.2 Å². The number of aromatic nitrogens is 2. The van der Waals surface area contributed by atoms with Crippen LogP contribution in [0.1, 0.15) is 24.0 Å². The number of hydrogen-bond acceptors (Lipinski definition) is 4. The molecule has 2 aliphatic rings. The van der Waals surface area contributed by atoms with Crippen LogP contribution in [0, 0.1) is 12.8 Å². The van der Waals surface area contributed by atoms with Gasteiger partial charge in [0, 0.05) is 36.2 Å². The minimum atomic E-state index is 0.104. The monoisotopic (exact) mass is 309 g/mol. The van der Waals surface area contributed by atoms with Gasteiger partial charge in [0.2, 0.25) is 0 Å². The molecule has 2 saturated heterocycles. The van der Waals surface area contributed by atoms with Gasteiger partial charge in [-0.25, -0.2) is 9.97 Å². The summed E-state index contributed by atoms with van der Waals surface area (Å²) in [4.78, 5) is 11.6. The minimum absolute atomic E-state index is 0.104. The van der Waals surface area contributed by atoms with Crippen molar-refractivity contribution in [3.63, 3.8) is 0 Å². The lowest BCUT2D eigenvalue weighted by atomic mass is 9.75. The highest BCUT2D eigenvalue weighted by Crippen LogP contribution is 2.44. The molecule has 0 unspecified atom stereocenters. The van der Waals surface area contributed by atoms with Gasteiger partial charge in [-0.2, -0.15) is 0 Å². The number of ether oxygens (including phenoxy) is 1. The largest absolute Gasteiger partial charge is 0.380 e. The number of rotatable bonds is 3. The first-order valence-electron chi connectivity index (χ1n) is 8.44. The normalized spacial score (nSPS) is 26.5. The third-order valence-corrected chi connectivity index (χ3v) is 5.29. The molecule has 0 radical (unpaired) electrons. The Morgan fingerprint density at radius 1 is 1.26 bits per heavy atom. The molecule has 0 N–H and O–H groups in total. The molecular weight excluding hydrogens is 286 g/mol. The topological polar surface area (TPSA) is 38.2 Å². The molecule has 4 nitrogen and oxygen atoms in total. The second-order valence-corrected chi connectivity index (χ2v) is 6.73. The number of aryl methyl sites for hydroxylation is 2. The van der Waals surface area contributed by atoms with E-state index < -0.39 is 0 Å². The molecule has 0 spiro atoms. The Labute approximate surface area is 137 Å². The van der Waals surface area contributed by atoms with Gasteiger partial charge in [0.15, 0.2) is 0 Å². The van der Waals surface area contributed by atoms with Gasteiger partial charge >= 0.3 is 0 Å². The molecule has 0 amide bonds. The lowest BCUT2D eigenvalue weighted by molar-refractivity contribution is 0.172. The number of nitrogens with zero attached hydrogens (tertiary/aromatic N) is 3. The summed E-state index contributed by atoms with van der Waals surface area (Å²) in [6.07, 6.45) is 0.945. The maximum atomic E-state index is 5.86. The summed E-state index contributed by atoms with van der Waals surface area (Å²) in [7, 11) is 0. The Balaban J connectivity index is 1.69. The van der Waals surface area contributed by atoms with Gasteiger partial charge in [-0.1, -0.05) is 37.3 Å². The molecule has 0 bridgehead atoms. The van der Waals surface area contributed by atoms with Crippen molar-refractivity contribution in [2.45, 2.75) is 25.7 Å². The molecular formula is C19H23N3O. The van der Waals surface area contributed by atoms with Gasteiger partial charge in [-0.05, 0) is 18.9 Å². The minimum Gasteiger partial charge on any atom is -0.380 e. The van der Waals surface area contributed by atoms with Crippen LogP contribution in [-0.2, 0) is 16.6 Å². The van der Waals surface area contributed by atoms with Crippen molar-refractivity contribution in [2.24, 2.45) is 5.92 Å². The Kier molecular flexibility index (Phi) is 3.57. The van der Waals surface area contributed by atoms with Gasteiger partial charge < -0.3 is 9.64 Å². The number of benzene rings is 1. The summed E-state index contributed by atoms with van der Waals surface area (Å²) in [5.74, 6) is 2.46. The zero-order chi connectivity index (χ0) is 15.9. The van der Waals surface area contributed by atoms with Crippen LogP contribution in [0.4, 0.5) is 5.82 Å². The molecule has 0 saturated carbocycles. The summed E-state index contributed by atoms with van der Waals surface area (Å²) in [5.41, 5.74) is 2.62. The average molecular weight is 309 g/mol. The van der Waals surface area contributed by atoms with Crippen molar-refractivity contribution in [1.29, 1.82) is 0 Å². The van der Waals surface area contributed by atoms with E-state index in [9.17, 15) is 0 Å². The third-order valence-electron chi connectivity index (χ3n) is 5.29. The van der Waals surface area contributed by atoms with Crippen LogP contribution in [0.2, 0.25) is 0 Å². The fraction of sp³-hybridized carbons (Fsp3) is 0.474. The summed E-state index contributed by atoms with van der Waals surface area (Å²) in [5, 5.41) is 0. The molecule has 1 aromatic carbocycles. The molecule has 4 heteroatoms. The van der Waals surface area contributed by atoms with Gasteiger partial charge in [0.1, 0.15) is 11.6 Å². The molecule has 2 fully saturated rings. The van der Waals surface area contributed by atoms with Gasteiger partial charge in [-0.15, -0.1) is 0 Å². The highest BCUT2D eigenvalue weighted by Gasteiger charge is 2.52. The smallest absolute Gasteiger partial charge is 0.132 e. The van der Waals surface area contributed by atoms with E-state index in [1.807, 2.05) is 6.92 Å². The van der Waals surface area contributed by atoms with Crippen LogP contribution in [0.3, 0.4) is 0 Å². The second-order valence-electron chi connectivity index (χ2n) is 6.73. The second kappa shape index (κ2) is 5.60. The SMILES string of the molecule is CCc1cc(N2C[C@@H]3COC[C@]3(c3ccccc3)C2)nc(C)n1. The van der Waals surface area contributed by atoms with Crippen LogP contribution in [0.15, 0.2) is 36.4 Å². The average Bonchev–Trinajstić information content (AvgIpc) is 3.13. The van der Waals surface area contributed by atoms with Gasteiger partial charge in [0.25, 0.3) is 0 Å². The van der Waals surface area contributed by atoms with E-state index >= 15 is 0 Å². The molecule has 0 aliphatic carbocycles. The summed E-state index contributed by atoms with van der Waals surface area (Å²) >= 11 is 0. The lowest BCUT2D eigenvalue weighted by Gasteiger charge is -2.28. The lowest BCUT2D eigenvalue weighted by Crippen LogP contribution is -2.35. The van der Waals surface area contributed by atoms with E-state index in [4.69, 9.17) is 4.74 Å². The molecule has 120 valence electrons. The third kappa shape index (κ3) is 2.41. The Hall–Kier alpha value is -1.94. The zero-order valence-corrected chi connectivity index (χ0v) is 13.8. The Bertz CT molecular complexity index is 703. The predicted octanol–water partition coefficient (Wildman–Crippen LogP) is 2.75. The maximum absolute atomic E-state index is 5.86. The first-order valence-corrected chi connectivity index (χ1v) is 8.44. The maximum Gasteiger partial charge on any atom is 0.132 e. The zero-order valence-electron chi connectivity index (χ0n) is 13.8. The van der Waals surface area contributed by atoms with Crippen molar-refractivity contribution < 1.29 is 4.74 Å². The molecule has 3 heterocycles. The van der Waals surface area contributed by atoms with E-state index in [0.717, 1.165) is 50.1 Å². The number of hydrogen-bond donors (Lipinski definition) is 0. The van der Waals surface area contributed by atoms with E-state index in [-0.39, 0.29) is 5.41 Å². The standard InChI is InChI=1S/C19H23N3O/c1-3-17-9-18(21-14(2)20-17)22-10-16-11-23-13-19(16,12-22)15-7-5-4-6-8-15/h4-9,16H,3,10-13H2,1-2H3/t16-,19+/m1/s1. The Morgan fingerprint density at radius 2 is 2.09 bits per heavy atom.